The Labute approximate surface area is 178 Å². The number of nitrogens with zero attached hydrogens (tertiary/aromatic N) is 5. The Morgan fingerprint density at radius 2 is 1.97 bits per heavy atom. The zero-order chi connectivity index (χ0) is 20.8. The smallest absolute Gasteiger partial charge is 0.233 e. The van der Waals surface area contributed by atoms with E-state index < -0.39 is 0 Å². The number of benzene rings is 1. The van der Waals surface area contributed by atoms with Crippen LogP contribution in [-0.4, -0.2) is 43.4 Å². The molecule has 0 aliphatic rings. The second kappa shape index (κ2) is 9.41. The third kappa shape index (κ3) is 4.77. The quantitative estimate of drug-likeness (QED) is 0.405. The Hall–Kier alpha value is -3.39. The zero-order valence-electron chi connectivity index (χ0n) is 16.5. The van der Waals surface area contributed by atoms with Gasteiger partial charge in [-0.15, -0.1) is 10.2 Å². The molecule has 0 atom stereocenters. The average Bonchev–Trinajstić information content (AvgIpc) is 3.44. The van der Waals surface area contributed by atoms with Gasteiger partial charge in [-0.25, -0.2) is 0 Å². The minimum atomic E-state index is 0.0272. The summed E-state index contributed by atoms with van der Waals surface area (Å²) in [4.78, 5) is 18.5. The van der Waals surface area contributed by atoms with Crippen LogP contribution in [0.15, 0.2) is 82.8 Å². The van der Waals surface area contributed by atoms with Crippen molar-refractivity contribution >= 4 is 17.7 Å². The maximum atomic E-state index is 12.6. The van der Waals surface area contributed by atoms with Crippen molar-refractivity contribution in [1.82, 2.24) is 24.6 Å². The van der Waals surface area contributed by atoms with Crippen molar-refractivity contribution in [3.63, 3.8) is 0 Å². The van der Waals surface area contributed by atoms with Gasteiger partial charge in [-0.1, -0.05) is 42.1 Å². The van der Waals surface area contributed by atoms with E-state index in [4.69, 9.17) is 4.42 Å². The summed E-state index contributed by atoms with van der Waals surface area (Å²) in [6.45, 7) is 1.04. The molecule has 1 aromatic carbocycles. The molecular weight excluding hydrogens is 398 g/mol. The molecule has 0 aliphatic carbocycles. The standard InChI is InChI=1S/C22H21N5O2S/c1-26(14-17-7-3-2-4-8-17)20(28)16-30-22-25-24-21(18-9-5-11-23-13-18)27(22)15-19-10-6-12-29-19/h2-13H,14-16H2,1H3. The SMILES string of the molecule is CN(Cc1ccccc1)C(=O)CSc1nnc(-c2cccnc2)n1Cc1ccco1. The van der Waals surface area contributed by atoms with Crippen molar-refractivity contribution in [1.29, 1.82) is 0 Å². The highest BCUT2D eigenvalue weighted by atomic mass is 32.2. The lowest BCUT2D eigenvalue weighted by molar-refractivity contribution is -0.127. The van der Waals surface area contributed by atoms with Crippen molar-refractivity contribution in [2.45, 2.75) is 18.2 Å². The molecule has 8 heteroatoms. The van der Waals surface area contributed by atoms with Crippen molar-refractivity contribution in [2.75, 3.05) is 12.8 Å². The summed E-state index contributed by atoms with van der Waals surface area (Å²) in [5, 5.41) is 9.33. The number of carbonyl (C=O) groups is 1. The third-order valence-electron chi connectivity index (χ3n) is 4.54. The van der Waals surface area contributed by atoms with Gasteiger partial charge in [-0.3, -0.25) is 14.3 Å². The van der Waals surface area contributed by atoms with Crippen LogP contribution in [0.2, 0.25) is 0 Å². The Morgan fingerprint density at radius 3 is 2.70 bits per heavy atom. The van der Waals surface area contributed by atoms with E-state index in [1.165, 1.54) is 11.8 Å². The van der Waals surface area contributed by atoms with E-state index >= 15 is 0 Å². The predicted octanol–water partition coefficient (Wildman–Crippen LogP) is 3.73. The molecule has 4 rings (SSSR count). The Balaban J connectivity index is 1.49. The summed E-state index contributed by atoms with van der Waals surface area (Å²) in [6.07, 6.45) is 5.10. The van der Waals surface area contributed by atoms with Gasteiger partial charge in [0.15, 0.2) is 11.0 Å². The number of thioether (sulfide) groups is 1. The molecule has 0 saturated heterocycles. The summed E-state index contributed by atoms with van der Waals surface area (Å²) in [7, 11) is 1.81. The van der Waals surface area contributed by atoms with Gasteiger partial charge in [0.25, 0.3) is 0 Å². The van der Waals surface area contributed by atoms with Gasteiger partial charge >= 0.3 is 0 Å². The minimum Gasteiger partial charge on any atom is -0.467 e. The number of hydrogen-bond acceptors (Lipinski definition) is 6. The largest absolute Gasteiger partial charge is 0.467 e. The first-order chi connectivity index (χ1) is 14.7. The third-order valence-corrected chi connectivity index (χ3v) is 5.50. The molecule has 3 heterocycles. The van der Waals surface area contributed by atoms with Crippen LogP contribution in [0.25, 0.3) is 11.4 Å². The van der Waals surface area contributed by atoms with Crippen molar-refractivity contribution in [2.24, 2.45) is 0 Å². The molecule has 0 unspecified atom stereocenters. The number of carbonyl (C=O) groups excluding carboxylic acids is 1. The van der Waals surface area contributed by atoms with E-state index in [2.05, 4.69) is 15.2 Å². The number of amides is 1. The van der Waals surface area contributed by atoms with Crippen LogP contribution >= 0.6 is 11.8 Å². The van der Waals surface area contributed by atoms with Crippen LogP contribution in [-0.2, 0) is 17.9 Å². The molecule has 30 heavy (non-hydrogen) atoms. The molecule has 0 N–H and O–H groups in total. The second-order valence-corrected chi connectivity index (χ2v) is 7.68. The van der Waals surface area contributed by atoms with Crippen LogP contribution in [0.5, 0.6) is 0 Å². The van der Waals surface area contributed by atoms with Gasteiger partial charge in [0.2, 0.25) is 5.91 Å². The molecule has 0 bridgehead atoms. The highest BCUT2D eigenvalue weighted by molar-refractivity contribution is 7.99. The van der Waals surface area contributed by atoms with E-state index in [9.17, 15) is 4.79 Å². The van der Waals surface area contributed by atoms with Crippen LogP contribution in [0.4, 0.5) is 0 Å². The van der Waals surface area contributed by atoms with Crippen molar-refractivity contribution < 1.29 is 9.21 Å². The lowest BCUT2D eigenvalue weighted by atomic mass is 10.2. The maximum absolute atomic E-state index is 12.6. The molecular formula is C22H21N5O2S. The molecule has 3 aromatic heterocycles. The summed E-state index contributed by atoms with van der Waals surface area (Å²) in [5.74, 6) is 1.77. The minimum absolute atomic E-state index is 0.0272. The normalized spacial score (nSPS) is 10.8. The molecule has 1 amide bonds. The van der Waals surface area contributed by atoms with Crippen LogP contribution in [0, 0.1) is 0 Å². The van der Waals surface area contributed by atoms with E-state index in [0.29, 0.717) is 24.1 Å². The van der Waals surface area contributed by atoms with Gasteiger partial charge in [0, 0.05) is 31.5 Å². The Kier molecular flexibility index (Phi) is 6.24. The fourth-order valence-corrected chi connectivity index (χ4v) is 3.87. The fourth-order valence-electron chi connectivity index (χ4n) is 2.99. The number of aromatic nitrogens is 4. The summed E-state index contributed by atoms with van der Waals surface area (Å²) in [6, 6.07) is 17.5. The van der Waals surface area contributed by atoms with Gasteiger partial charge < -0.3 is 9.32 Å². The zero-order valence-corrected chi connectivity index (χ0v) is 17.3. The predicted molar refractivity (Wildman–Crippen MR) is 115 cm³/mol. The second-order valence-electron chi connectivity index (χ2n) is 6.74. The van der Waals surface area contributed by atoms with E-state index in [1.807, 2.05) is 66.2 Å². The van der Waals surface area contributed by atoms with Crippen molar-refractivity contribution in [3.05, 3.63) is 84.6 Å². The first-order valence-electron chi connectivity index (χ1n) is 9.47. The first-order valence-corrected chi connectivity index (χ1v) is 10.5. The Morgan fingerprint density at radius 1 is 1.10 bits per heavy atom. The molecule has 152 valence electrons. The summed E-state index contributed by atoms with van der Waals surface area (Å²) >= 11 is 1.37. The van der Waals surface area contributed by atoms with Crippen LogP contribution in [0.1, 0.15) is 11.3 Å². The van der Waals surface area contributed by atoms with Gasteiger partial charge in [-0.2, -0.15) is 0 Å². The molecule has 0 saturated carbocycles. The average molecular weight is 420 g/mol. The topological polar surface area (TPSA) is 77.1 Å². The molecule has 0 radical (unpaired) electrons. The van der Waals surface area contributed by atoms with E-state index in [0.717, 1.165) is 16.9 Å². The number of pyridine rings is 1. The molecule has 0 aliphatic heterocycles. The number of hydrogen-bond donors (Lipinski definition) is 0. The van der Waals surface area contributed by atoms with Crippen LogP contribution < -0.4 is 0 Å². The number of rotatable bonds is 8. The van der Waals surface area contributed by atoms with Crippen molar-refractivity contribution in [3.8, 4) is 11.4 Å². The summed E-state index contributed by atoms with van der Waals surface area (Å²) in [5.41, 5.74) is 1.95. The molecule has 0 spiro atoms. The molecule has 0 fully saturated rings. The molecule has 7 nitrogen and oxygen atoms in total. The lowest BCUT2D eigenvalue weighted by Gasteiger charge is -2.17. The highest BCUT2D eigenvalue weighted by Crippen LogP contribution is 2.25. The van der Waals surface area contributed by atoms with Crippen LogP contribution in [0.3, 0.4) is 0 Å². The van der Waals surface area contributed by atoms with Gasteiger partial charge in [0.1, 0.15) is 5.76 Å². The highest BCUT2D eigenvalue weighted by Gasteiger charge is 2.18. The maximum Gasteiger partial charge on any atom is 0.233 e. The monoisotopic (exact) mass is 419 g/mol. The lowest BCUT2D eigenvalue weighted by Crippen LogP contribution is -2.27. The van der Waals surface area contributed by atoms with E-state index in [1.54, 1.807) is 23.6 Å². The Bertz CT molecular complexity index is 1080. The molecule has 4 aromatic rings. The van der Waals surface area contributed by atoms with E-state index in [-0.39, 0.29) is 11.7 Å². The fraction of sp³-hybridized carbons (Fsp3) is 0.182. The first kappa shape index (κ1) is 19.9. The van der Waals surface area contributed by atoms with Gasteiger partial charge in [-0.05, 0) is 29.8 Å². The number of furan rings is 1. The van der Waals surface area contributed by atoms with Gasteiger partial charge in [0.05, 0.1) is 18.6 Å². The summed E-state index contributed by atoms with van der Waals surface area (Å²) < 4.78 is 7.46.